The van der Waals surface area contributed by atoms with Crippen LogP contribution >= 0.6 is 15.9 Å². The average molecular weight is 401 g/mol. The fourth-order valence-electron chi connectivity index (χ4n) is 2.95. The summed E-state index contributed by atoms with van der Waals surface area (Å²) in [5.74, 6) is -0.00101. The van der Waals surface area contributed by atoms with E-state index in [1.807, 2.05) is 48.5 Å². The highest BCUT2D eigenvalue weighted by Gasteiger charge is 2.35. The van der Waals surface area contributed by atoms with Crippen molar-refractivity contribution in [2.24, 2.45) is 5.92 Å². The summed E-state index contributed by atoms with van der Waals surface area (Å²) in [6.45, 7) is 4.69. The van der Waals surface area contributed by atoms with Crippen molar-refractivity contribution in [3.63, 3.8) is 0 Å². The first-order valence-electron chi connectivity index (χ1n) is 8.41. The third-order valence-electron chi connectivity index (χ3n) is 4.48. The molecule has 0 radical (unpaired) electrons. The van der Waals surface area contributed by atoms with Crippen molar-refractivity contribution >= 4 is 39.1 Å². The summed E-state index contributed by atoms with van der Waals surface area (Å²) in [6.07, 6.45) is 0.244. The average Bonchev–Trinajstić information content (AvgIpc) is 2.99. The van der Waals surface area contributed by atoms with Crippen LogP contribution < -0.4 is 10.2 Å². The maximum Gasteiger partial charge on any atom is 0.229 e. The predicted octanol–water partition coefficient (Wildman–Crippen LogP) is 4.56. The summed E-state index contributed by atoms with van der Waals surface area (Å²) in [7, 11) is 0. The van der Waals surface area contributed by atoms with Crippen LogP contribution in [0.1, 0.15) is 31.7 Å². The second-order valence-corrected chi connectivity index (χ2v) is 7.56. The molecule has 2 aromatic carbocycles. The molecule has 2 amide bonds. The fourth-order valence-corrected chi connectivity index (χ4v) is 3.21. The van der Waals surface area contributed by atoms with E-state index in [2.05, 4.69) is 35.1 Å². The summed E-state index contributed by atoms with van der Waals surface area (Å²) < 4.78 is 0.956. The van der Waals surface area contributed by atoms with Crippen LogP contribution in [0.4, 0.5) is 11.4 Å². The number of hydrogen-bond acceptors (Lipinski definition) is 2. The zero-order valence-electron chi connectivity index (χ0n) is 14.3. The third kappa shape index (κ3) is 4.10. The molecule has 130 valence electrons. The highest BCUT2D eigenvalue weighted by molar-refractivity contribution is 9.10. The van der Waals surface area contributed by atoms with Crippen LogP contribution in [-0.2, 0) is 9.59 Å². The molecule has 1 N–H and O–H groups in total. The maximum atomic E-state index is 12.5. The molecule has 1 saturated heterocycles. The number of carbonyl (C=O) groups is 2. The number of halogens is 1. The summed E-state index contributed by atoms with van der Waals surface area (Å²) >= 11 is 3.37. The first kappa shape index (κ1) is 17.7. The molecule has 1 unspecified atom stereocenters. The molecule has 1 atom stereocenters. The molecule has 5 heteroatoms. The third-order valence-corrected chi connectivity index (χ3v) is 5.01. The van der Waals surface area contributed by atoms with Crippen molar-refractivity contribution in [2.75, 3.05) is 16.8 Å². The van der Waals surface area contributed by atoms with Crippen LogP contribution in [0.25, 0.3) is 0 Å². The van der Waals surface area contributed by atoms with Crippen molar-refractivity contribution in [3.05, 3.63) is 58.6 Å². The normalized spacial score (nSPS) is 17.2. The van der Waals surface area contributed by atoms with Crippen LogP contribution in [0.2, 0.25) is 0 Å². The van der Waals surface area contributed by atoms with Gasteiger partial charge in [-0.3, -0.25) is 9.59 Å². The number of nitrogens with zero attached hydrogens (tertiary/aromatic N) is 1. The van der Waals surface area contributed by atoms with Gasteiger partial charge in [0, 0.05) is 28.8 Å². The molecule has 0 aromatic heterocycles. The number of anilines is 2. The Morgan fingerprint density at radius 2 is 1.76 bits per heavy atom. The van der Waals surface area contributed by atoms with Gasteiger partial charge in [0.25, 0.3) is 0 Å². The Balaban J connectivity index is 1.67. The van der Waals surface area contributed by atoms with Gasteiger partial charge in [0.1, 0.15) is 0 Å². The van der Waals surface area contributed by atoms with Gasteiger partial charge in [-0.05, 0) is 47.9 Å². The SMILES string of the molecule is CC(C)c1ccc(N2CC(C(=O)Nc3ccc(Br)cc3)CC2=O)cc1. The molecule has 1 heterocycles. The van der Waals surface area contributed by atoms with Crippen molar-refractivity contribution in [3.8, 4) is 0 Å². The zero-order valence-corrected chi connectivity index (χ0v) is 15.9. The summed E-state index contributed by atoms with van der Waals surface area (Å²) in [4.78, 5) is 26.5. The summed E-state index contributed by atoms with van der Waals surface area (Å²) in [5, 5.41) is 2.89. The van der Waals surface area contributed by atoms with Crippen molar-refractivity contribution in [1.82, 2.24) is 0 Å². The largest absolute Gasteiger partial charge is 0.326 e. The first-order chi connectivity index (χ1) is 11.9. The van der Waals surface area contributed by atoms with E-state index >= 15 is 0 Å². The van der Waals surface area contributed by atoms with Gasteiger partial charge in [0.2, 0.25) is 11.8 Å². The van der Waals surface area contributed by atoms with E-state index in [0.29, 0.717) is 12.5 Å². The molecule has 25 heavy (non-hydrogen) atoms. The lowest BCUT2D eigenvalue weighted by atomic mass is 10.0. The van der Waals surface area contributed by atoms with E-state index in [0.717, 1.165) is 15.8 Å². The van der Waals surface area contributed by atoms with Crippen LogP contribution in [0.3, 0.4) is 0 Å². The molecule has 3 rings (SSSR count). The lowest BCUT2D eigenvalue weighted by molar-refractivity contribution is -0.122. The minimum Gasteiger partial charge on any atom is -0.326 e. The standard InChI is InChI=1S/C20H21BrN2O2/c1-13(2)14-3-9-18(10-4-14)23-12-15(11-19(23)24)20(25)22-17-7-5-16(21)6-8-17/h3-10,13,15H,11-12H2,1-2H3,(H,22,25). The molecular weight excluding hydrogens is 380 g/mol. The Bertz CT molecular complexity index is 769. The van der Waals surface area contributed by atoms with E-state index in [4.69, 9.17) is 0 Å². The van der Waals surface area contributed by atoms with Crippen molar-refractivity contribution < 1.29 is 9.59 Å². The van der Waals surface area contributed by atoms with E-state index in [-0.39, 0.29) is 24.2 Å². The Hall–Kier alpha value is -2.14. The predicted molar refractivity (Wildman–Crippen MR) is 104 cm³/mol. The van der Waals surface area contributed by atoms with Gasteiger partial charge >= 0.3 is 0 Å². The Labute approximate surface area is 156 Å². The molecule has 0 saturated carbocycles. The van der Waals surface area contributed by atoms with Gasteiger partial charge in [-0.15, -0.1) is 0 Å². The molecular formula is C20H21BrN2O2. The molecule has 0 spiro atoms. The van der Waals surface area contributed by atoms with E-state index < -0.39 is 0 Å². The number of carbonyl (C=O) groups excluding carboxylic acids is 2. The maximum absolute atomic E-state index is 12.5. The van der Waals surface area contributed by atoms with Gasteiger partial charge in [0.05, 0.1) is 5.92 Å². The Kier molecular flexibility index (Phi) is 5.23. The molecule has 4 nitrogen and oxygen atoms in total. The molecule has 2 aromatic rings. The van der Waals surface area contributed by atoms with Gasteiger partial charge in [-0.25, -0.2) is 0 Å². The van der Waals surface area contributed by atoms with Crippen molar-refractivity contribution in [2.45, 2.75) is 26.2 Å². The molecule has 1 aliphatic heterocycles. The monoisotopic (exact) mass is 400 g/mol. The second-order valence-electron chi connectivity index (χ2n) is 6.65. The van der Waals surface area contributed by atoms with Gasteiger partial charge in [-0.2, -0.15) is 0 Å². The number of amides is 2. The highest BCUT2D eigenvalue weighted by Crippen LogP contribution is 2.27. The lowest BCUT2D eigenvalue weighted by Gasteiger charge is -2.17. The van der Waals surface area contributed by atoms with Gasteiger partial charge in [-0.1, -0.05) is 41.9 Å². The Morgan fingerprint density at radius 3 is 2.36 bits per heavy atom. The van der Waals surface area contributed by atoms with Gasteiger partial charge in [0.15, 0.2) is 0 Å². The second kappa shape index (κ2) is 7.40. The van der Waals surface area contributed by atoms with E-state index in [1.165, 1.54) is 5.56 Å². The summed E-state index contributed by atoms with van der Waals surface area (Å²) in [6, 6.07) is 15.4. The van der Waals surface area contributed by atoms with Crippen LogP contribution in [0.15, 0.2) is 53.0 Å². The molecule has 1 aliphatic rings. The van der Waals surface area contributed by atoms with Crippen molar-refractivity contribution in [1.29, 1.82) is 0 Å². The van der Waals surface area contributed by atoms with Crippen LogP contribution in [-0.4, -0.2) is 18.4 Å². The minimum absolute atomic E-state index is 0.00625. The van der Waals surface area contributed by atoms with Crippen LogP contribution in [0, 0.1) is 5.92 Å². The molecule has 0 bridgehead atoms. The Morgan fingerprint density at radius 1 is 1.12 bits per heavy atom. The number of benzene rings is 2. The molecule has 0 aliphatic carbocycles. The van der Waals surface area contributed by atoms with Gasteiger partial charge < -0.3 is 10.2 Å². The highest BCUT2D eigenvalue weighted by atomic mass is 79.9. The lowest BCUT2D eigenvalue weighted by Crippen LogP contribution is -2.28. The number of rotatable bonds is 4. The smallest absolute Gasteiger partial charge is 0.229 e. The number of hydrogen-bond donors (Lipinski definition) is 1. The molecule has 1 fully saturated rings. The van der Waals surface area contributed by atoms with Crippen LogP contribution in [0.5, 0.6) is 0 Å². The minimum atomic E-state index is -0.332. The zero-order chi connectivity index (χ0) is 18.0. The quantitative estimate of drug-likeness (QED) is 0.817. The van der Waals surface area contributed by atoms with E-state index in [1.54, 1.807) is 4.90 Å². The fraction of sp³-hybridized carbons (Fsp3) is 0.300. The first-order valence-corrected chi connectivity index (χ1v) is 9.20. The topological polar surface area (TPSA) is 49.4 Å². The van der Waals surface area contributed by atoms with E-state index in [9.17, 15) is 9.59 Å². The number of nitrogens with one attached hydrogen (secondary N) is 1. The summed E-state index contributed by atoms with van der Waals surface area (Å²) in [5.41, 5.74) is 2.83.